The van der Waals surface area contributed by atoms with Crippen LogP contribution < -0.4 is 5.73 Å². The first kappa shape index (κ1) is 12.0. The Kier molecular flexibility index (Phi) is 4.07. The van der Waals surface area contributed by atoms with Crippen LogP contribution in [0.4, 0.5) is 0 Å². The van der Waals surface area contributed by atoms with Crippen molar-refractivity contribution < 1.29 is 4.79 Å². The molecule has 0 fully saturated rings. The minimum atomic E-state index is 0.169. The Morgan fingerprint density at radius 3 is 2.47 bits per heavy atom. The lowest BCUT2D eigenvalue weighted by Crippen LogP contribution is -2.05. The third kappa shape index (κ3) is 3.25. The van der Waals surface area contributed by atoms with Crippen LogP contribution in [0.3, 0.4) is 0 Å². The summed E-state index contributed by atoms with van der Waals surface area (Å²) in [6.07, 6.45) is 1.35. The van der Waals surface area contributed by atoms with E-state index in [2.05, 4.69) is 0 Å². The number of hydrogen-bond donors (Lipinski definition) is 1. The summed E-state index contributed by atoms with van der Waals surface area (Å²) in [4.78, 5) is 12.0. The van der Waals surface area contributed by atoms with Gasteiger partial charge in [-0.05, 0) is 40.9 Å². The van der Waals surface area contributed by atoms with Gasteiger partial charge in [0, 0.05) is 12.0 Å². The van der Waals surface area contributed by atoms with E-state index in [0.29, 0.717) is 13.0 Å². The molecule has 0 unspecified atom stereocenters. The van der Waals surface area contributed by atoms with Crippen molar-refractivity contribution in [3.8, 4) is 0 Å². The molecule has 0 atom stereocenters. The van der Waals surface area contributed by atoms with Gasteiger partial charge in [0.15, 0.2) is 5.78 Å². The zero-order chi connectivity index (χ0) is 12.1. The number of hydrogen-bond acceptors (Lipinski definition) is 3. The molecule has 0 aliphatic carbocycles. The molecule has 0 saturated carbocycles. The van der Waals surface area contributed by atoms with Crippen LogP contribution in [0.1, 0.15) is 21.5 Å². The summed E-state index contributed by atoms with van der Waals surface area (Å²) in [5.74, 6) is 0.169. The summed E-state index contributed by atoms with van der Waals surface area (Å²) >= 11 is 1.62. The van der Waals surface area contributed by atoms with E-state index in [1.54, 1.807) is 11.3 Å². The van der Waals surface area contributed by atoms with E-state index in [0.717, 1.165) is 17.5 Å². The Labute approximate surface area is 105 Å². The molecule has 17 heavy (non-hydrogen) atoms. The second-order valence-electron chi connectivity index (χ2n) is 3.97. The average molecular weight is 245 g/mol. The van der Waals surface area contributed by atoms with E-state index in [1.165, 1.54) is 5.56 Å². The normalized spacial score (nSPS) is 10.4. The van der Waals surface area contributed by atoms with Crippen molar-refractivity contribution in [2.24, 2.45) is 5.73 Å². The molecule has 0 radical (unpaired) electrons. The predicted molar refractivity (Wildman–Crippen MR) is 71.6 cm³/mol. The molecule has 1 heterocycles. The summed E-state index contributed by atoms with van der Waals surface area (Å²) in [6.45, 7) is 0.641. The van der Waals surface area contributed by atoms with Gasteiger partial charge in [0.25, 0.3) is 0 Å². The number of nitrogens with two attached hydrogens (primary N) is 1. The first-order valence-corrected chi connectivity index (χ1v) is 6.57. The minimum absolute atomic E-state index is 0.169. The van der Waals surface area contributed by atoms with Gasteiger partial charge in [-0.2, -0.15) is 11.3 Å². The standard InChI is InChI=1S/C14H15NOS/c15-7-5-11-1-3-13(4-2-11)14(16)9-12-6-8-17-10-12/h1-4,6,8,10H,5,7,9,15H2. The molecule has 0 bridgehead atoms. The van der Waals surface area contributed by atoms with Crippen LogP contribution in [0.2, 0.25) is 0 Å². The van der Waals surface area contributed by atoms with E-state index in [9.17, 15) is 4.79 Å². The zero-order valence-electron chi connectivity index (χ0n) is 9.56. The fraction of sp³-hybridized carbons (Fsp3) is 0.214. The van der Waals surface area contributed by atoms with Gasteiger partial charge < -0.3 is 5.73 Å². The smallest absolute Gasteiger partial charge is 0.167 e. The molecular formula is C14H15NOS. The van der Waals surface area contributed by atoms with E-state index >= 15 is 0 Å². The fourth-order valence-corrected chi connectivity index (χ4v) is 2.37. The third-order valence-corrected chi connectivity index (χ3v) is 3.39. The maximum atomic E-state index is 12.0. The first-order valence-electron chi connectivity index (χ1n) is 5.63. The molecule has 3 heteroatoms. The second-order valence-corrected chi connectivity index (χ2v) is 4.75. The van der Waals surface area contributed by atoms with Crippen molar-refractivity contribution in [3.05, 3.63) is 57.8 Å². The Balaban J connectivity index is 2.04. The maximum absolute atomic E-state index is 12.0. The molecule has 0 saturated heterocycles. The van der Waals surface area contributed by atoms with Crippen LogP contribution in [0.25, 0.3) is 0 Å². The number of benzene rings is 1. The number of carbonyl (C=O) groups excluding carboxylic acids is 1. The van der Waals surface area contributed by atoms with Crippen molar-refractivity contribution in [2.75, 3.05) is 6.54 Å². The first-order chi connectivity index (χ1) is 8.29. The predicted octanol–water partition coefficient (Wildman–Crippen LogP) is 2.67. The lowest BCUT2D eigenvalue weighted by molar-refractivity contribution is 0.0993. The number of rotatable bonds is 5. The molecule has 2 aromatic rings. The maximum Gasteiger partial charge on any atom is 0.167 e. The summed E-state index contributed by atoms with van der Waals surface area (Å²) in [5.41, 5.74) is 8.53. The highest BCUT2D eigenvalue weighted by Gasteiger charge is 2.07. The summed E-state index contributed by atoms with van der Waals surface area (Å²) < 4.78 is 0. The van der Waals surface area contributed by atoms with Crippen LogP contribution in [-0.2, 0) is 12.8 Å². The highest BCUT2D eigenvalue weighted by molar-refractivity contribution is 7.08. The molecule has 1 aromatic heterocycles. The van der Waals surface area contributed by atoms with E-state index in [-0.39, 0.29) is 5.78 Å². The number of carbonyl (C=O) groups is 1. The number of thiophene rings is 1. The molecule has 0 amide bonds. The number of Topliss-reactive ketones (excluding diaryl/α,β-unsaturated/α-hetero) is 1. The highest BCUT2D eigenvalue weighted by atomic mass is 32.1. The van der Waals surface area contributed by atoms with Gasteiger partial charge >= 0.3 is 0 Å². The summed E-state index contributed by atoms with van der Waals surface area (Å²) in [6, 6.07) is 9.73. The lowest BCUT2D eigenvalue weighted by Gasteiger charge is -2.02. The third-order valence-electron chi connectivity index (χ3n) is 2.65. The molecule has 0 aliphatic heterocycles. The molecule has 2 rings (SSSR count). The summed E-state index contributed by atoms with van der Waals surface area (Å²) in [7, 11) is 0. The monoisotopic (exact) mass is 245 g/mol. The SMILES string of the molecule is NCCc1ccc(C(=O)Cc2ccsc2)cc1. The van der Waals surface area contributed by atoms with E-state index in [1.807, 2.05) is 41.1 Å². The van der Waals surface area contributed by atoms with Crippen molar-refractivity contribution >= 4 is 17.1 Å². The van der Waals surface area contributed by atoms with Crippen molar-refractivity contribution in [2.45, 2.75) is 12.8 Å². The Hall–Kier alpha value is -1.45. The van der Waals surface area contributed by atoms with E-state index < -0.39 is 0 Å². The lowest BCUT2D eigenvalue weighted by atomic mass is 10.0. The molecule has 1 aromatic carbocycles. The quantitative estimate of drug-likeness (QED) is 0.823. The molecule has 88 valence electrons. The van der Waals surface area contributed by atoms with Gasteiger partial charge in [0.1, 0.15) is 0 Å². The topological polar surface area (TPSA) is 43.1 Å². The Morgan fingerprint density at radius 2 is 1.88 bits per heavy atom. The Morgan fingerprint density at radius 1 is 1.12 bits per heavy atom. The van der Waals surface area contributed by atoms with Gasteiger partial charge in [-0.25, -0.2) is 0 Å². The molecular weight excluding hydrogens is 230 g/mol. The van der Waals surface area contributed by atoms with Crippen molar-refractivity contribution in [1.82, 2.24) is 0 Å². The van der Waals surface area contributed by atoms with Gasteiger partial charge in [-0.3, -0.25) is 4.79 Å². The van der Waals surface area contributed by atoms with Gasteiger partial charge in [-0.1, -0.05) is 24.3 Å². The second kappa shape index (κ2) is 5.75. The molecule has 2 N–H and O–H groups in total. The minimum Gasteiger partial charge on any atom is -0.330 e. The van der Waals surface area contributed by atoms with Gasteiger partial charge in [-0.15, -0.1) is 0 Å². The molecule has 0 aliphatic rings. The van der Waals surface area contributed by atoms with Crippen LogP contribution >= 0.6 is 11.3 Å². The summed E-state index contributed by atoms with van der Waals surface area (Å²) in [5, 5.41) is 4.01. The largest absolute Gasteiger partial charge is 0.330 e. The van der Waals surface area contributed by atoms with Crippen LogP contribution in [-0.4, -0.2) is 12.3 Å². The van der Waals surface area contributed by atoms with Crippen molar-refractivity contribution in [1.29, 1.82) is 0 Å². The highest BCUT2D eigenvalue weighted by Crippen LogP contribution is 2.12. The molecule has 2 nitrogen and oxygen atoms in total. The van der Waals surface area contributed by atoms with Gasteiger partial charge in [0.05, 0.1) is 0 Å². The number of ketones is 1. The van der Waals surface area contributed by atoms with Crippen LogP contribution in [0, 0.1) is 0 Å². The average Bonchev–Trinajstić information content (AvgIpc) is 2.83. The van der Waals surface area contributed by atoms with Crippen molar-refractivity contribution in [3.63, 3.8) is 0 Å². The van der Waals surface area contributed by atoms with Crippen LogP contribution in [0.15, 0.2) is 41.1 Å². The van der Waals surface area contributed by atoms with Crippen LogP contribution in [0.5, 0.6) is 0 Å². The van der Waals surface area contributed by atoms with Gasteiger partial charge in [0.2, 0.25) is 0 Å². The molecule has 0 spiro atoms. The zero-order valence-corrected chi connectivity index (χ0v) is 10.4. The fourth-order valence-electron chi connectivity index (χ4n) is 1.70. The Bertz CT molecular complexity index is 473. The van der Waals surface area contributed by atoms with E-state index in [4.69, 9.17) is 5.73 Å².